The normalized spacial score (nSPS) is 14.8. The van der Waals surface area contributed by atoms with Crippen molar-refractivity contribution in [2.75, 3.05) is 0 Å². The molecule has 0 aliphatic carbocycles. The van der Waals surface area contributed by atoms with E-state index in [-0.39, 0.29) is 11.8 Å². The minimum Gasteiger partial charge on any atom is -0.494 e. The molecule has 1 aliphatic rings. The van der Waals surface area contributed by atoms with Crippen molar-refractivity contribution in [2.24, 2.45) is 4.99 Å². The van der Waals surface area contributed by atoms with Gasteiger partial charge in [-0.15, -0.1) is 11.3 Å². The Balaban J connectivity index is 1.57. The maximum absolute atomic E-state index is 12.0. The quantitative estimate of drug-likeness (QED) is 0.569. The summed E-state index contributed by atoms with van der Waals surface area (Å²) in [6, 6.07) is 19.2. The van der Waals surface area contributed by atoms with E-state index in [1.165, 1.54) is 0 Å². The lowest BCUT2D eigenvalue weighted by Crippen LogP contribution is -2.01. The van der Waals surface area contributed by atoms with Crippen LogP contribution in [-0.2, 0) is 0 Å². The highest BCUT2D eigenvalue weighted by atomic mass is 32.1. The molecule has 5 heteroatoms. The van der Waals surface area contributed by atoms with Crippen molar-refractivity contribution in [3.63, 3.8) is 0 Å². The molecule has 0 fully saturated rings. The molecule has 0 radical (unpaired) electrons. The van der Waals surface area contributed by atoms with Gasteiger partial charge in [0.15, 0.2) is 5.88 Å². The van der Waals surface area contributed by atoms with Gasteiger partial charge in [0.2, 0.25) is 0 Å². The van der Waals surface area contributed by atoms with E-state index < -0.39 is 0 Å². The maximum Gasteiger partial charge on any atom is 0.278 e. The molecule has 0 unspecified atom stereocenters. The van der Waals surface area contributed by atoms with Gasteiger partial charge < -0.3 is 10.1 Å². The Kier molecular flexibility index (Phi) is 3.55. The van der Waals surface area contributed by atoms with E-state index in [1.807, 2.05) is 66.7 Å². The second kappa shape index (κ2) is 6.07. The number of thiophene rings is 1. The number of hydrogen-bond donors (Lipinski definition) is 2. The Bertz CT molecular complexity index is 1360. The van der Waals surface area contributed by atoms with E-state index in [1.54, 1.807) is 17.4 Å². The van der Waals surface area contributed by atoms with E-state index in [0.29, 0.717) is 11.3 Å². The lowest BCUT2D eigenvalue weighted by molar-refractivity contribution is 0.101. The summed E-state index contributed by atoms with van der Waals surface area (Å²) in [5, 5.41) is 11.8. The first-order valence-corrected chi connectivity index (χ1v) is 9.32. The highest BCUT2D eigenvalue weighted by Crippen LogP contribution is 2.27. The van der Waals surface area contributed by atoms with Gasteiger partial charge in [-0.25, -0.2) is 4.99 Å². The number of aromatic nitrogens is 1. The number of fused-ring (bicyclic) bond motifs is 2. The lowest BCUT2D eigenvalue weighted by atomic mass is 10.1. The summed E-state index contributed by atoms with van der Waals surface area (Å²) in [4.78, 5) is 19.2. The van der Waals surface area contributed by atoms with Gasteiger partial charge in [0.1, 0.15) is 0 Å². The Morgan fingerprint density at radius 3 is 2.33 bits per heavy atom. The molecule has 1 amide bonds. The second-order valence-electron chi connectivity index (χ2n) is 6.31. The summed E-state index contributed by atoms with van der Waals surface area (Å²) < 4.78 is 2.07. The van der Waals surface area contributed by atoms with Gasteiger partial charge in [0, 0.05) is 25.4 Å². The van der Waals surface area contributed by atoms with Crippen LogP contribution in [0.1, 0.15) is 21.6 Å². The van der Waals surface area contributed by atoms with Crippen LogP contribution in [-0.4, -0.2) is 21.7 Å². The number of carbonyl (C=O) groups is 1. The zero-order valence-corrected chi connectivity index (χ0v) is 15.0. The molecular formula is C22H14N2O2S. The molecule has 130 valence electrons. The van der Waals surface area contributed by atoms with Crippen molar-refractivity contribution in [1.82, 2.24) is 4.98 Å². The average Bonchev–Trinajstić information content (AvgIpc) is 3.35. The molecule has 0 saturated carbocycles. The van der Waals surface area contributed by atoms with E-state index in [4.69, 9.17) is 0 Å². The number of aromatic amines is 1. The molecule has 2 aromatic carbocycles. The maximum atomic E-state index is 12.0. The molecule has 2 N–H and O–H groups in total. The van der Waals surface area contributed by atoms with Crippen LogP contribution in [0.5, 0.6) is 5.88 Å². The van der Waals surface area contributed by atoms with Crippen molar-refractivity contribution in [2.45, 2.75) is 0 Å². The van der Waals surface area contributed by atoms with Crippen LogP contribution in [0.3, 0.4) is 0 Å². The summed E-state index contributed by atoms with van der Waals surface area (Å²) in [5.41, 5.74) is 3.10. The van der Waals surface area contributed by atoms with Crippen LogP contribution in [0.25, 0.3) is 22.9 Å². The lowest BCUT2D eigenvalue weighted by Gasteiger charge is -1.95. The molecule has 0 saturated heterocycles. The van der Waals surface area contributed by atoms with Crippen LogP contribution < -0.4 is 9.06 Å². The number of rotatable bonds is 2. The first-order chi connectivity index (χ1) is 13.2. The van der Waals surface area contributed by atoms with Crippen molar-refractivity contribution < 1.29 is 9.90 Å². The number of benzene rings is 2. The molecule has 4 aromatic rings. The third kappa shape index (κ3) is 2.69. The monoisotopic (exact) mass is 370 g/mol. The molecule has 4 nitrogen and oxygen atoms in total. The predicted octanol–water partition coefficient (Wildman–Crippen LogP) is 3.19. The van der Waals surface area contributed by atoms with Crippen molar-refractivity contribution >= 4 is 45.9 Å². The minimum absolute atomic E-state index is 0.177. The van der Waals surface area contributed by atoms with E-state index in [9.17, 15) is 9.90 Å². The van der Waals surface area contributed by atoms with Gasteiger partial charge in [0.05, 0.1) is 17.0 Å². The topological polar surface area (TPSA) is 65.5 Å². The molecule has 3 heterocycles. The third-order valence-corrected chi connectivity index (χ3v) is 5.57. The Morgan fingerprint density at radius 1 is 0.852 bits per heavy atom. The second-order valence-corrected chi connectivity index (χ2v) is 7.46. The summed E-state index contributed by atoms with van der Waals surface area (Å²) in [7, 11) is 0. The summed E-state index contributed by atoms with van der Waals surface area (Å²) in [6.07, 6.45) is 3.95. The number of amides is 1. The highest BCUT2D eigenvalue weighted by molar-refractivity contribution is 7.07. The van der Waals surface area contributed by atoms with E-state index in [0.717, 1.165) is 31.1 Å². The smallest absolute Gasteiger partial charge is 0.278 e. The highest BCUT2D eigenvalue weighted by Gasteiger charge is 2.20. The van der Waals surface area contributed by atoms with Gasteiger partial charge in [0.25, 0.3) is 5.91 Å². The van der Waals surface area contributed by atoms with Gasteiger partial charge in [-0.2, -0.15) is 0 Å². The Hall–Kier alpha value is -3.44. The zero-order valence-electron chi connectivity index (χ0n) is 14.1. The summed E-state index contributed by atoms with van der Waals surface area (Å²) in [5.74, 6) is -0.0101. The molecule has 0 bridgehead atoms. The largest absolute Gasteiger partial charge is 0.494 e. The first kappa shape index (κ1) is 15.8. The SMILES string of the molecule is O=C1N=C(/C=c2\cc/c(=C/c3[nH]c(O)c4ccccc34)s2)c2ccccc21. The predicted molar refractivity (Wildman–Crippen MR) is 109 cm³/mol. The van der Waals surface area contributed by atoms with Gasteiger partial charge in [-0.05, 0) is 36.4 Å². The van der Waals surface area contributed by atoms with Gasteiger partial charge in [-0.1, -0.05) is 36.4 Å². The van der Waals surface area contributed by atoms with Crippen molar-refractivity contribution in [1.29, 1.82) is 0 Å². The fraction of sp³-hybridized carbons (Fsp3) is 0. The number of carbonyl (C=O) groups excluding carboxylic acids is 1. The van der Waals surface area contributed by atoms with Gasteiger partial charge in [-0.3, -0.25) is 4.79 Å². The molecular weight excluding hydrogens is 356 g/mol. The van der Waals surface area contributed by atoms with E-state index >= 15 is 0 Å². The summed E-state index contributed by atoms with van der Waals surface area (Å²) >= 11 is 1.60. The Labute approximate surface area is 158 Å². The first-order valence-electron chi connectivity index (χ1n) is 8.50. The third-order valence-electron chi connectivity index (χ3n) is 4.59. The van der Waals surface area contributed by atoms with Gasteiger partial charge >= 0.3 is 0 Å². The van der Waals surface area contributed by atoms with Crippen molar-refractivity contribution in [3.8, 4) is 5.88 Å². The van der Waals surface area contributed by atoms with Crippen LogP contribution in [0.2, 0.25) is 0 Å². The molecule has 2 aromatic heterocycles. The fourth-order valence-electron chi connectivity index (χ4n) is 3.33. The molecule has 27 heavy (non-hydrogen) atoms. The zero-order chi connectivity index (χ0) is 18.4. The number of hydrogen-bond acceptors (Lipinski definition) is 3. The molecule has 5 rings (SSSR count). The van der Waals surface area contributed by atoms with Crippen LogP contribution >= 0.6 is 11.3 Å². The standard InChI is InChI=1S/C22H14N2O2S/c25-21-17-7-3-1-5-15(17)19(23-21)11-13-9-10-14(27-13)12-20-16-6-2-4-8-18(16)22(26)24-20/h1-12,23,25H/b13-11-,14-12+. The number of aromatic hydroxyl groups is 1. The van der Waals surface area contributed by atoms with Crippen LogP contribution in [0.4, 0.5) is 0 Å². The number of H-pyrrole nitrogens is 1. The molecule has 0 spiro atoms. The molecule has 0 atom stereocenters. The number of aliphatic imine (C=N–C) groups is 1. The average molecular weight is 370 g/mol. The van der Waals surface area contributed by atoms with Crippen LogP contribution in [0, 0.1) is 0 Å². The summed E-state index contributed by atoms with van der Waals surface area (Å²) in [6.45, 7) is 0. The van der Waals surface area contributed by atoms with Crippen molar-refractivity contribution in [3.05, 3.63) is 86.5 Å². The number of nitrogens with one attached hydrogen (secondary N) is 1. The van der Waals surface area contributed by atoms with E-state index in [2.05, 4.69) is 9.98 Å². The minimum atomic E-state index is -0.187. The molecule has 1 aliphatic heterocycles. The van der Waals surface area contributed by atoms with Crippen LogP contribution in [0.15, 0.2) is 65.7 Å². The number of nitrogens with zero attached hydrogens (tertiary/aromatic N) is 1. The Morgan fingerprint density at radius 2 is 1.52 bits per heavy atom. The fourth-order valence-corrected chi connectivity index (χ4v) is 4.23.